The molecule has 0 spiro atoms. The third-order valence-corrected chi connectivity index (χ3v) is 2.10. The van der Waals surface area contributed by atoms with Crippen molar-refractivity contribution in [2.24, 2.45) is 0 Å². The molecule has 0 fully saturated rings. The highest BCUT2D eigenvalue weighted by Crippen LogP contribution is 2.17. The molecule has 0 radical (unpaired) electrons. The van der Waals surface area contributed by atoms with E-state index in [0.717, 1.165) is 5.39 Å². The standard InChI is InChI=1S/C10H6ClNO2/c11-8-3-6-1-2-7(10(13)14)4-9(6)12-5-8/h1-5H,(H,13,14). The zero-order valence-corrected chi connectivity index (χ0v) is 7.82. The number of rotatable bonds is 1. The molecule has 0 unspecified atom stereocenters. The van der Waals surface area contributed by atoms with Gasteiger partial charge >= 0.3 is 5.97 Å². The van der Waals surface area contributed by atoms with Crippen molar-refractivity contribution in [2.75, 3.05) is 0 Å². The summed E-state index contributed by atoms with van der Waals surface area (Å²) in [6, 6.07) is 6.49. The number of carboxylic acid groups (broad SMARTS) is 1. The molecular weight excluding hydrogens is 202 g/mol. The maximum absolute atomic E-state index is 10.7. The number of hydrogen-bond donors (Lipinski definition) is 1. The molecule has 1 N–H and O–H groups in total. The maximum Gasteiger partial charge on any atom is 0.335 e. The van der Waals surface area contributed by atoms with Crippen LogP contribution in [0.4, 0.5) is 0 Å². The summed E-state index contributed by atoms with van der Waals surface area (Å²) < 4.78 is 0. The van der Waals surface area contributed by atoms with E-state index in [2.05, 4.69) is 4.98 Å². The van der Waals surface area contributed by atoms with E-state index in [1.165, 1.54) is 18.3 Å². The minimum Gasteiger partial charge on any atom is -0.478 e. The first kappa shape index (κ1) is 8.97. The van der Waals surface area contributed by atoms with Crippen LogP contribution in [0.5, 0.6) is 0 Å². The van der Waals surface area contributed by atoms with Gasteiger partial charge in [0.25, 0.3) is 0 Å². The second-order valence-electron chi connectivity index (χ2n) is 2.87. The lowest BCUT2D eigenvalue weighted by Crippen LogP contribution is -1.95. The van der Waals surface area contributed by atoms with Crippen LogP contribution >= 0.6 is 11.6 Å². The molecule has 1 aromatic heterocycles. The van der Waals surface area contributed by atoms with Crippen molar-refractivity contribution in [2.45, 2.75) is 0 Å². The fourth-order valence-electron chi connectivity index (χ4n) is 1.23. The quantitative estimate of drug-likeness (QED) is 0.782. The Morgan fingerprint density at radius 3 is 2.86 bits per heavy atom. The molecule has 2 rings (SSSR count). The largest absolute Gasteiger partial charge is 0.478 e. The van der Waals surface area contributed by atoms with Gasteiger partial charge in [0.2, 0.25) is 0 Å². The van der Waals surface area contributed by atoms with Crippen molar-refractivity contribution in [3.05, 3.63) is 41.0 Å². The van der Waals surface area contributed by atoms with Crippen molar-refractivity contribution in [3.8, 4) is 0 Å². The van der Waals surface area contributed by atoms with Crippen molar-refractivity contribution in [1.29, 1.82) is 0 Å². The number of carboxylic acids is 1. The molecule has 0 saturated carbocycles. The third-order valence-electron chi connectivity index (χ3n) is 1.90. The predicted octanol–water partition coefficient (Wildman–Crippen LogP) is 2.59. The van der Waals surface area contributed by atoms with Crippen molar-refractivity contribution in [1.82, 2.24) is 4.98 Å². The lowest BCUT2D eigenvalue weighted by atomic mass is 10.1. The Hall–Kier alpha value is -1.61. The van der Waals surface area contributed by atoms with E-state index in [1.54, 1.807) is 12.1 Å². The summed E-state index contributed by atoms with van der Waals surface area (Å²) in [5.74, 6) is -0.955. The predicted molar refractivity (Wildman–Crippen MR) is 53.7 cm³/mol. The van der Waals surface area contributed by atoms with Gasteiger partial charge in [-0.25, -0.2) is 4.79 Å². The molecular formula is C10H6ClNO2. The molecule has 1 heterocycles. The highest BCUT2D eigenvalue weighted by atomic mass is 35.5. The summed E-state index contributed by atoms with van der Waals surface area (Å²) in [4.78, 5) is 14.7. The van der Waals surface area contributed by atoms with Crippen molar-refractivity contribution >= 4 is 28.5 Å². The maximum atomic E-state index is 10.7. The fraction of sp³-hybridized carbons (Fsp3) is 0. The number of aromatic nitrogens is 1. The van der Waals surface area contributed by atoms with Gasteiger partial charge in [-0.05, 0) is 18.2 Å². The Balaban J connectivity index is 2.67. The fourth-order valence-corrected chi connectivity index (χ4v) is 1.39. The van der Waals surface area contributed by atoms with Gasteiger partial charge in [-0.2, -0.15) is 0 Å². The van der Waals surface area contributed by atoms with Crippen LogP contribution in [0.3, 0.4) is 0 Å². The number of hydrogen-bond acceptors (Lipinski definition) is 2. The number of fused-ring (bicyclic) bond motifs is 1. The second-order valence-corrected chi connectivity index (χ2v) is 3.30. The molecule has 14 heavy (non-hydrogen) atoms. The van der Waals surface area contributed by atoms with E-state index in [-0.39, 0.29) is 5.56 Å². The van der Waals surface area contributed by atoms with Crippen molar-refractivity contribution in [3.63, 3.8) is 0 Å². The second kappa shape index (κ2) is 3.27. The van der Waals surface area contributed by atoms with Crippen LogP contribution in [-0.2, 0) is 0 Å². The summed E-state index contributed by atoms with van der Waals surface area (Å²) >= 11 is 5.74. The monoisotopic (exact) mass is 207 g/mol. The summed E-state index contributed by atoms with van der Waals surface area (Å²) in [5.41, 5.74) is 0.863. The van der Waals surface area contributed by atoms with Gasteiger partial charge in [0.05, 0.1) is 16.1 Å². The molecule has 0 aliphatic heterocycles. The number of carbonyl (C=O) groups is 1. The summed E-state index contributed by atoms with van der Waals surface area (Å²) in [6.45, 7) is 0. The molecule has 0 aliphatic rings. The normalized spacial score (nSPS) is 10.4. The Kier molecular flexibility index (Phi) is 2.09. The van der Waals surface area contributed by atoms with Gasteiger partial charge in [0.1, 0.15) is 0 Å². The van der Waals surface area contributed by atoms with Gasteiger partial charge in [-0.15, -0.1) is 0 Å². The van der Waals surface area contributed by atoms with E-state index in [4.69, 9.17) is 16.7 Å². The first-order valence-electron chi connectivity index (χ1n) is 3.95. The Morgan fingerprint density at radius 2 is 2.14 bits per heavy atom. The van der Waals surface area contributed by atoms with E-state index in [9.17, 15) is 4.79 Å². The van der Waals surface area contributed by atoms with Gasteiger partial charge in [0, 0.05) is 11.6 Å². The van der Waals surface area contributed by atoms with E-state index in [0.29, 0.717) is 10.5 Å². The lowest BCUT2D eigenvalue weighted by molar-refractivity contribution is 0.0697. The zero-order valence-electron chi connectivity index (χ0n) is 7.07. The Labute approximate surface area is 85.0 Å². The minimum atomic E-state index is -0.955. The Bertz CT molecular complexity index is 510. The van der Waals surface area contributed by atoms with Crippen LogP contribution in [0.2, 0.25) is 5.02 Å². The average Bonchev–Trinajstić information content (AvgIpc) is 2.16. The number of pyridine rings is 1. The summed E-state index contributed by atoms with van der Waals surface area (Å²) in [6.07, 6.45) is 1.50. The van der Waals surface area contributed by atoms with Crippen LogP contribution in [0, 0.1) is 0 Å². The highest BCUT2D eigenvalue weighted by Gasteiger charge is 2.04. The van der Waals surface area contributed by atoms with Gasteiger partial charge in [-0.3, -0.25) is 4.98 Å². The first-order valence-corrected chi connectivity index (χ1v) is 4.33. The summed E-state index contributed by atoms with van der Waals surface area (Å²) in [7, 11) is 0. The van der Waals surface area contributed by atoms with E-state index >= 15 is 0 Å². The topological polar surface area (TPSA) is 50.2 Å². The number of aromatic carboxylic acids is 1. The molecule has 3 nitrogen and oxygen atoms in total. The molecule has 0 bridgehead atoms. The lowest BCUT2D eigenvalue weighted by Gasteiger charge is -1.99. The number of nitrogens with zero attached hydrogens (tertiary/aromatic N) is 1. The molecule has 4 heteroatoms. The van der Waals surface area contributed by atoms with Gasteiger partial charge in [0.15, 0.2) is 0 Å². The molecule has 70 valence electrons. The number of halogens is 1. The van der Waals surface area contributed by atoms with Gasteiger partial charge in [-0.1, -0.05) is 17.7 Å². The van der Waals surface area contributed by atoms with Crippen LogP contribution in [0.1, 0.15) is 10.4 Å². The highest BCUT2D eigenvalue weighted by molar-refractivity contribution is 6.31. The van der Waals surface area contributed by atoms with Crippen LogP contribution in [-0.4, -0.2) is 16.1 Å². The molecule has 0 saturated heterocycles. The molecule has 2 aromatic rings. The van der Waals surface area contributed by atoms with Crippen LogP contribution in [0.25, 0.3) is 10.9 Å². The molecule has 0 atom stereocenters. The number of benzene rings is 1. The zero-order chi connectivity index (χ0) is 10.1. The first-order chi connectivity index (χ1) is 6.66. The average molecular weight is 208 g/mol. The molecule has 0 aliphatic carbocycles. The van der Waals surface area contributed by atoms with Gasteiger partial charge < -0.3 is 5.11 Å². The summed E-state index contributed by atoms with van der Waals surface area (Å²) in [5, 5.41) is 10.1. The molecule has 0 amide bonds. The van der Waals surface area contributed by atoms with E-state index in [1.807, 2.05) is 0 Å². The van der Waals surface area contributed by atoms with Crippen LogP contribution < -0.4 is 0 Å². The SMILES string of the molecule is O=C(O)c1ccc2cc(Cl)cnc2c1. The molecule has 1 aromatic carbocycles. The smallest absolute Gasteiger partial charge is 0.335 e. The van der Waals surface area contributed by atoms with Crippen molar-refractivity contribution < 1.29 is 9.90 Å². The minimum absolute atomic E-state index is 0.229. The van der Waals surface area contributed by atoms with E-state index < -0.39 is 5.97 Å². The van der Waals surface area contributed by atoms with Crippen LogP contribution in [0.15, 0.2) is 30.5 Å². The Morgan fingerprint density at radius 1 is 1.36 bits per heavy atom. The third kappa shape index (κ3) is 1.54.